The molecule has 0 spiro atoms. The van der Waals surface area contributed by atoms with E-state index in [4.69, 9.17) is 52.3 Å². The van der Waals surface area contributed by atoms with Gasteiger partial charge in [0.05, 0.1) is 33.8 Å². The number of unbranched alkanes of at least 4 members (excludes halogenated alkanes) is 1. The Bertz CT molecular complexity index is 3190. The Hall–Kier alpha value is -8.35. The molecule has 3 atom stereocenters. The molecule has 2 aromatic heterocycles. The number of anilines is 1. The van der Waals surface area contributed by atoms with Crippen molar-refractivity contribution in [1.82, 2.24) is 19.5 Å². The van der Waals surface area contributed by atoms with Gasteiger partial charge in [0.25, 0.3) is 14.2 Å². The van der Waals surface area contributed by atoms with Crippen LogP contribution in [0, 0.1) is 0 Å². The van der Waals surface area contributed by atoms with Crippen molar-refractivity contribution in [2.75, 3.05) is 52.6 Å². The fourth-order valence-corrected chi connectivity index (χ4v) is 14.8. The monoisotopic (exact) mass is 1100 g/mol. The number of imidazole rings is 1. The van der Waals surface area contributed by atoms with Crippen molar-refractivity contribution < 1.29 is 51.9 Å². The molecule has 8 aromatic rings. The fourth-order valence-electron chi connectivity index (χ4n) is 10.2. The highest BCUT2D eigenvalue weighted by molar-refractivity contribution is 6.99. The van der Waals surface area contributed by atoms with E-state index in [1.165, 1.54) is 16.4 Å². The molecule has 1 saturated heterocycles. The molecular weight excluding hydrogens is 1030 g/mol. The van der Waals surface area contributed by atoms with E-state index >= 15 is 0 Å². The number of carbonyl (C=O) groups is 2. The highest BCUT2D eigenvalue weighted by Crippen LogP contribution is 2.44. The number of amides is 1. The molecule has 3 heterocycles. The molecular formula is C63H67N5O11Si. The predicted octanol–water partition coefficient (Wildman–Crippen LogP) is 10.6. The van der Waals surface area contributed by atoms with Gasteiger partial charge in [-0.05, 0) is 81.3 Å². The van der Waals surface area contributed by atoms with Crippen molar-refractivity contribution in [3.8, 4) is 23.1 Å². The van der Waals surface area contributed by atoms with E-state index in [-0.39, 0.29) is 49.7 Å². The summed E-state index contributed by atoms with van der Waals surface area (Å²) in [4.78, 5) is 41.0. The van der Waals surface area contributed by atoms with Crippen LogP contribution in [0.2, 0.25) is 5.04 Å². The number of para-hydroxylation sites is 1. The summed E-state index contributed by atoms with van der Waals surface area (Å²) >= 11 is 0. The number of hydrogen-bond donors (Lipinski definition) is 1. The summed E-state index contributed by atoms with van der Waals surface area (Å²) in [6.45, 7) is 10.7. The van der Waals surface area contributed by atoms with Crippen molar-refractivity contribution in [3.05, 3.63) is 206 Å². The summed E-state index contributed by atoms with van der Waals surface area (Å²) in [5.41, 5.74) is 1.81. The second-order valence-corrected chi connectivity index (χ2v) is 24.4. The van der Waals surface area contributed by atoms with Gasteiger partial charge in [0, 0.05) is 13.0 Å². The van der Waals surface area contributed by atoms with Crippen molar-refractivity contribution in [3.63, 3.8) is 0 Å². The van der Waals surface area contributed by atoms with Crippen LogP contribution in [0.5, 0.6) is 23.1 Å². The molecule has 0 bridgehead atoms. The second kappa shape index (κ2) is 26.1. The van der Waals surface area contributed by atoms with Crippen molar-refractivity contribution in [1.29, 1.82) is 0 Å². The topological polar surface area (TPSA) is 173 Å². The molecule has 1 fully saturated rings. The third-order valence-electron chi connectivity index (χ3n) is 14.0. The number of ether oxygens (including phenoxy) is 8. The zero-order valence-corrected chi connectivity index (χ0v) is 46.7. The molecule has 414 valence electrons. The van der Waals surface area contributed by atoms with Gasteiger partial charge in [-0.15, -0.1) is 0 Å². The Kier molecular flexibility index (Phi) is 18.4. The van der Waals surface area contributed by atoms with E-state index < -0.39 is 44.4 Å². The van der Waals surface area contributed by atoms with Crippen LogP contribution in [0.1, 0.15) is 63.0 Å². The van der Waals surface area contributed by atoms with Gasteiger partial charge in [-0.1, -0.05) is 167 Å². The smallest absolute Gasteiger partial charge is 0.497 e. The number of aromatic nitrogens is 4. The zero-order chi connectivity index (χ0) is 56.0. The van der Waals surface area contributed by atoms with E-state index in [9.17, 15) is 9.59 Å². The minimum Gasteiger partial charge on any atom is -0.497 e. The van der Waals surface area contributed by atoms with Gasteiger partial charge in [0.2, 0.25) is 11.8 Å². The zero-order valence-electron chi connectivity index (χ0n) is 45.7. The molecule has 6 aromatic carbocycles. The molecule has 0 radical (unpaired) electrons. The molecule has 17 heteroatoms. The molecule has 9 rings (SSSR count). The molecule has 0 saturated carbocycles. The molecule has 1 N–H and O–H groups in total. The summed E-state index contributed by atoms with van der Waals surface area (Å²) in [7, 11) is 0.476. The molecule has 0 aliphatic carbocycles. The number of benzene rings is 6. The normalized spacial score (nSPS) is 15.4. The summed E-state index contributed by atoms with van der Waals surface area (Å²) in [5.74, 6) is 1.47. The predicted molar refractivity (Wildman–Crippen MR) is 307 cm³/mol. The Morgan fingerprint density at radius 3 is 1.85 bits per heavy atom. The van der Waals surface area contributed by atoms with Crippen LogP contribution < -0.4 is 34.6 Å². The van der Waals surface area contributed by atoms with Crippen LogP contribution in [0.3, 0.4) is 0 Å². The first-order valence-electron chi connectivity index (χ1n) is 26.6. The number of nitrogens with zero attached hydrogens (tertiary/aromatic N) is 4. The minimum absolute atomic E-state index is 0.0451. The summed E-state index contributed by atoms with van der Waals surface area (Å²) < 4.78 is 57.7. The van der Waals surface area contributed by atoms with Gasteiger partial charge < -0.3 is 42.3 Å². The third kappa shape index (κ3) is 12.7. The minimum atomic E-state index is -2.76. The highest BCUT2D eigenvalue weighted by atomic mass is 28.4. The highest BCUT2D eigenvalue weighted by Gasteiger charge is 2.50. The van der Waals surface area contributed by atoms with E-state index in [1.54, 1.807) is 37.2 Å². The second-order valence-electron chi connectivity index (χ2n) is 20.1. The lowest BCUT2D eigenvalue weighted by Gasteiger charge is -2.43. The number of hydrogen-bond acceptors (Lipinski definition) is 14. The summed E-state index contributed by atoms with van der Waals surface area (Å²) in [6.07, 6.45) is 0.957. The number of methoxy groups -OCH3 is 2. The Labute approximate surface area is 467 Å². The number of carbonyl (C=O) groups excluding carboxylic acids is 2. The van der Waals surface area contributed by atoms with Crippen molar-refractivity contribution in [2.45, 2.75) is 69.1 Å². The van der Waals surface area contributed by atoms with Gasteiger partial charge in [0.1, 0.15) is 47.9 Å². The van der Waals surface area contributed by atoms with E-state index in [0.717, 1.165) is 16.7 Å². The average Bonchev–Trinajstić information content (AvgIpc) is 3.90. The quantitative estimate of drug-likeness (QED) is 0.0188. The van der Waals surface area contributed by atoms with Crippen LogP contribution in [0.15, 0.2) is 189 Å². The SMILES string of the molecule is C=CCOC(=O)O[C@H]1C[C@H](n2cnc3c(OCCCCO[Si](c4ccccc4)(c4ccccc4)C(C)(C)C)nc(NC(=O)COc4ccccc4)nc32)O[C@@H]1COC(c1ccccc1)(c1ccc(OC)cc1)c1ccc(OC)cc1. The van der Waals surface area contributed by atoms with Gasteiger partial charge >= 0.3 is 6.16 Å². The molecule has 1 aliphatic heterocycles. The Balaban J connectivity index is 1.01. The lowest BCUT2D eigenvalue weighted by atomic mass is 9.80. The van der Waals surface area contributed by atoms with Crippen molar-refractivity contribution >= 4 is 47.9 Å². The first-order chi connectivity index (χ1) is 38.9. The van der Waals surface area contributed by atoms with Crippen LogP contribution in [-0.2, 0) is 33.8 Å². The largest absolute Gasteiger partial charge is 0.508 e. The number of nitrogens with one attached hydrogen (secondary N) is 1. The van der Waals surface area contributed by atoms with Gasteiger partial charge in [-0.2, -0.15) is 9.97 Å². The first-order valence-corrected chi connectivity index (χ1v) is 28.5. The fraction of sp³-hybridized carbons (Fsp3) is 0.286. The van der Waals surface area contributed by atoms with E-state index in [2.05, 4.69) is 86.2 Å². The Morgan fingerprint density at radius 2 is 1.27 bits per heavy atom. The molecule has 0 unspecified atom stereocenters. The van der Waals surface area contributed by atoms with E-state index in [1.807, 2.05) is 109 Å². The van der Waals surface area contributed by atoms with Gasteiger partial charge in [-0.25, -0.2) is 9.78 Å². The molecule has 16 nitrogen and oxygen atoms in total. The standard InChI is InChI=1S/C63H67N5O11Si/c1-7-38-74-61(70)79-53-41-56(78-54(53)42-76-63(45-22-12-8-13-23-45,46-30-34-48(71-5)35-31-46)47-32-36-49(72-6)37-33-47)68-44-64-57-58(68)66-60(65-55(69)43-75-50-24-14-9-15-25-50)67-59(57)73-39-20-21-40-77-80(62(2,3)4,51-26-16-10-17-27-51)52-28-18-11-19-29-52/h7-19,22-37,44,53-54,56H,1,20-21,38-43H2,2-6H3,(H,65,66,67,69)/t53-,54+,56+/m0/s1. The van der Waals surface area contributed by atoms with Crippen LogP contribution in [-0.4, -0.2) is 99.4 Å². The van der Waals surface area contributed by atoms with Crippen molar-refractivity contribution in [2.24, 2.45) is 0 Å². The maximum absolute atomic E-state index is 13.5. The van der Waals surface area contributed by atoms with Crippen LogP contribution in [0.25, 0.3) is 11.2 Å². The van der Waals surface area contributed by atoms with Crippen LogP contribution in [0.4, 0.5) is 10.7 Å². The average molecular weight is 1100 g/mol. The molecule has 1 amide bonds. The maximum atomic E-state index is 13.5. The van der Waals surface area contributed by atoms with Crippen LogP contribution >= 0.6 is 0 Å². The molecule has 1 aliphatic rings. The van der Waals surface area contributed by atoms with Gasteiger partial charge in [-0.3, -0.25) is 14.7 Å². The lowest BCUT2D eigenvalue weighted by Crippen LogP contribution is -2.66. The number of rotatable bonds is 25. The maximum Gasteiger partial charge on any atom is 0.508 e. The summed E-state index contributed by atoms with van der Waals surface area (Å²) in [6, 6.07) is 55.3. The van der Waals surface area contributed by atoms with E-state index in [0.29, 0.717) is 47.9 Å². The summed E-state index contributed by atoms with van der Waals surface area (Å²) in [5, 5.41) is 5.02. The first kappa shape index (κ1) is 56.4. The number of fused-ring (bicyclic) bond motifs is 1. The molecule has 80 heavy (non-hydrogen) atoms. The lowest BCUT2D eigenvalue weighted by molar-refractivity contribution is -0.118. The third-order valence-corrected chi connectivity index (χ3v) is 19.0. The van der Waals surface area contributed by atoms with Gasteiger partial charge in [0.15, 0.2) is 17.8 Å². The Morgan fingerprint density at radius 1 is 0.713 bits per heavy atom.